The molecular formula is C16H24N4O2S. The minimum Gasteiger partial charge on any atom is -0.461 e. The lowest BCUT2D eigenvalue weighted by Gasteiger charge is -2.17. The predicted molar refractivity (Wildman–Crippen MR) is 90.9 cm³/mol. The molecule has 2 heterocycles. The number of nitrogens with zero attached hydrogens (tertiary/aromatic N) is 3. The van der Waals surface area contributed by atoms with Crippen LogP contribution in [0.2, 0.25) is 0 Å². The summed E-state index contributed by atoms with van der Waals surface area (Å²) in [6.45, 7) is 7.17. The van der Waals surface area contributed by atoms with E-state index in [2.05, 4.69) is 31.0 Å². The third-order valence-electron chi connectivity index (χ3n) is 3.34. The van der Waals surface area contributed by atoms with Gasteiger partial charge in [-0.05, 0) is 30.4 Å². The van der Waals surface area contributed by atoms with Crippen molar-refractivity contribution in [2.75, 3.05) is 5.75 Å². The summed E-state index contributed by atoms with van der Waals surface area (Å²) in [4.78, 5) is 11.1. The number of carbonyl (C=O) groups excluding carboxylic acids is 1. The number of hydrogen-bond donors (Lipinski definition) is 1. The van der Waals surface area contributed by atoms with Crippen molar-refractivity contribution >= 4 is 17.7 Å². The summed E-state index contributed by atoms with van der Waals surface area (Å²) in [5.74, 6) is 1.90. The fraction of sp³-hybridized carbons (Fsp3) is 0.562. The summed E-state index contributed by atoms with van der Waals surface area (Å²) < 4.78 is 7.31. The number of amides is 1. The van der Waals surface area contributed by atoms with Gasteiger partial charge < -0.3 is 10.2 Å². The zero-order valence-electron chi connectivity index (χ0n) is 13.9. The maximum Gasteiger partial charge on any atom is 0.219 e. The lowest BCUT2D eigenvalue weighted by molar-refractivity contribution is -0.118. The minimum atomic E-state index is -0.340. The molecule has 6 nitrogen and oxygen atoms in total. The number of thioether (sulfide) groups is 1. The van der Waals surface area contributed by atoms with Crippen molar-refractivity contribution in [2.24, 2.45) is 11.1 Å². The normalized spacial score (nSPS) is 11.8. The Morgan fingerprint density at radius 3 is 2.78 bits per heavy atom. The van der Waals surface area contributed by atoms with Crippen molar-refractivity contribution in [3.63, 3.8) is 0 Å². The molecule has 126 valence electrons. The highest BCUT2D eigenvalue weighted by Crippen LogP contribution is 2.27. The van der Waals surface area contributed by atoms with Crippen LogP contribution in [0.15, 0.2) is 28.0 Å². The molecule has 0 aromatic carbocycles. The average Bonchev–Trinajstić information content (AvgIpc) is 3.09. The second kappa shape index (κ2) is 7.68. The van der Waals surface area contributed by atoms with Gasteiger partial charge >= 0.3 is 0 Å². The number of furan rings is 1. The number of hydrogen-bond acceptors (Lipinski definition) is 5. The Morgan fingerprint density at radius 2 is 2.17 bits per heavy atom. The molecule has 0 aliphatic carbocycles. The Balaban J connectivity index is 2.07. The highest BCUT2D eigenvalue weighted by atomic mass is 32.2. The number of carbonyl (C=O) groups is 1. The largest absolute Gasteiger partial charge is 0.461 e. The Bertz CT molecular complexity index is 629. The van der Waals surface area contributed by atoms with E-state index in [-0.39, 0.29) is 12.3 Å². The van der Waals surface area contributed by atoms with E-state index >= 15 is 0 Å². The van der Waals surface area contributed by atoms with Crippen LogP contribution >= 0.6 is 11.8 Å². The van der Waals surface area contributed by atoms with Gasteiger partial charge in [-0.2, -0.15) is 0 Å². The van der Waals surface area contributed by atoms with Crippen molar-refractivity contribution in [1.29, 1.82) is 0 Å². The van der Waals surface area contributed by atoms with Crippen LogP contribution in [0.4, 0.5) is 0 Å². The number of rotatable bonds is 8. The first kappa shape index (κ1) is 17.6. The first-order valence-corrected chi connectivity index (χ1v) is 8.73. The molecule has 2 rings (SSSR count). The molecule has 0 saturated carbocycles. The molecule has 0 aliphatic rings. The second-order valence-electron chi connectivity index (χ2n) is 6.66. The molecule has 0 saturated heterocycles. The molecule has 0 aliphatic heterocycles. The van der Waals surface area contributed by atoms with Gasteiger partial charge in [0, 0.05) is 18.7 Å². The Kier molecular flexibility index (Phi) is 5.87. The van der Waals surface area contributed by atoms with Crippen molar-refractivity contribution in [1.82, 2.24) is 14.8 Å². The van der Waals surface area contributed by atoms with E-state index in [1.165, 1.54) is 0 Å². The van der Waals surface area contributed by atoms with Crippen LogP contribution in [0.3, 0.4) is 0 Å². The predicted octanol–water partition coefficient (Wildman–Crippen LogP) is 3.33. The van der Waals surface area contributed by atoms with Crippen LogP contribution in [0, 0.1) is 5.41 Å². The van der Waals surface area contributed by atoms with Gasteiger partial charge in [-0.3, -0.25) is 9.36 Å². The van der Waals surface area contributed by atoms with Crippen LogP contribution in [-0.4, -0.2) is 26.4 Å². The smallest absolute Gasteiger partial charge is 0.219 e. The molecule has 0 bridgehead atoms. The van der Waals surface area contributed by atoms with Gasteiger partial charge in [-0.1, -0.05) is 32.5 Å². The standard InChI is InChI=1S/C16H24N4O2S/c1-16(2,3)8-5-11-23-15-19-18-14(12-6-4-10-22-12)20(15)9-7-13(17)21/h4,6,10H,5,7-9,11H2,1-3H3,(H2,17,21). The highest BCUT2D eigenvalue weighted by molar-refractivity contribution is 7.99. The summed E-state index contributed by atoms with van der Waals surface area (Å²) in [5, 5.41) is 9.26. The number of primary amides is 1. The van der Waals surface area contributed by atoms with Crippen LogP contribution in [-0.2, 0) is 11.3 Å². The molecule has 0 radical (unpaired) electrons. The molecule has 2 N–H and O–H groups in total. The Hall–Kier alpha value is -1.76. The molecule has 0 spiro atoms. The van der Waals surface area contributed by atoms with E-state index in [1.807, 2.05) is 10.6 Å². The van der Waals surface area contributed by atoms with Crippen molar-refractivity contribution in [3.05, 3.63) is 18.4 Å². The quantitative estimate of drug-likeness (QED) is 0.590. The van der Waals surface area contributed by atoms with Crippen LogP contribution in [0.25, 0.3) is 11.6 Å². The Labute approximate surface area is 140 Å². The van der Waals surface area contributed by atoms with Gasteiger partial charge in [0.25, 0.3) is 0 Å². The van der Waals surface area contributed by atoms with E-state index in [0.29, 0.717) is 23.5 Å². The molecule has 0 atom stereocenters. The molecular weight excluding hydrogens is 312 g/mol. The molecule has 1 amide bonds. The van der Waals surface area contributed by atoms with E-state index in [1.54, 1.807) is 24.1 Å². The Morgan fingerprint density at radius 1 is 1.39 bits per heavy atom. The van der Waals surface area contributed by atoms with E-state index in [9.17, 15) is 4.79 Å². The average molecular weight is 336 g/mol. The fourth-order valence-electron chi connectivity index (χ4n) is 2.17. The first-order valence-electron chi connectivity index (χ1n) is 7.75. The van der Waals surface area contributed by atoms with Gasteiger partial charge in [0.2, 0.25) is 5.91 Å². The summed E-state index contributed by atoms with van der Waals surface area (Å²) in [5.41, 5.74) is 5.61. The van der Waals surface area contributed by atoms with E-state index in [0.717, 1.165) is 23.8 Å². The summed E-state index contributed by atoms with van der Waals surface area (Å²) >= 11 is 1.65. The van der Waals surface area contributed by atoms with Gasteiger partial charge in [0.05, 0.1) is 6.26 Å². The van der Waals surface area contributed by atoms with E-state index in [4.69, 9.17) is 10.2 Å². The summed E-state index contributed by atoms with van der Waals surface area (Å²) in [6, 6.07) is 3.64. The SMILES string of the molecule is CC(C)(C)CCCSc1nnc(-c2ccco2)n1CCC(N)=O. The van der Waals surface area contributed by atoms with Gasteiger partial charge in [-0.15, -0.1) is 10.2 Å². The molecule has 23 heavy (non-hydrogen) atoms. The zero-order chi connectivity index (χ0) is 16.9. The zero-order valence-corrected chi connectivity index (χ0v) is 14.7. The van der Waals surface area contributed by atoms with Gasteiger partial charge in [0.15, 0.2) is 16.7 Å². The first-order chi connectivity index (χ1) is 10.9. The lowest BCUT2D eigenvalue weighted by atomic mass is 9.91. The second-order valence-corrected chi connectivity index (χ2v) is 7.73. The van der Waals surface area contributed by atoms with Crippen LogP contribution in [0.1, 0.15) is 40.0 Å². The summed E-state index contributed by atoms with van der Waals surface area (Å²) in [7, 11) is 0. The fourth-order valence-corrected chi connectivity index (χ4v) is 3.08. The van der Waals surface area contributed by atoms with E-state index < -0.39 is 0 Å². The molecule has 2 aromatic heterocycles. The highest BCUT2D eigenvalue weighted by Gasteiger charge is 2.17. The van der Waals surface area contributed by atoms with Crippen molar-refractivity contribution in [3.8, 4) is 11.6 Å². The third kappa shape index (κ3) is 5.42. The maximum absolute atomic E-state index is 11.1. The molecule has 2 aromatic rings. The maximum atomic E-state index is 11.1. The molecule has 0 fully saturated rings. The minimum absolute atomic E-state index is 0.251. The van der Waals surface area contributed by atoms with Gasteiger partial charge in [-0.25, -0.2) is 0 Å². The number of aromatic nitrogens is 3. The molecule has 0 unspecified atom stereocenters. The number of nitrogens with two attached hydrogens (primary N) is 1. The van der Waals surface area contributed by atoms with Crippen LogP contribution in [0.5, 0.6) is 0 Å². The topological polar surface area (TPSA) is 86.9 Å². The van der Waals surface area contributed by atoms with Crippen molar-refractivity contribution in [2.45, 2.75) is 51.7 Å². The van der Waals surface area contributed by atoms with Crippen LogP contribution < -0.4 is 5.73 Å². The third-order valence-corrected chi connectivity index (χ3v) is 4.40. The molecule has 7 heteroatoms. The summed E-state index contributed by atoms with van der Waals surface area (Å²) in [6.07, 6.45) is 4.10. The lowest BCUT2D eigenvalue weighted by Crippen LogP contribution is -2.15. The monoisotopic (exact) mass is 336 g/mol. The van der Waals surface area contributed by atoms with Gasteiger partial charge in [0.1, 0.15) is 0 Å². The van der Waals surface area contributed by atoms with Crippen molar-refractivity contribution < 1.29 is 9.21 Å².